The van der Waals surface area contributed by atoms with Crippen LogP contribution in [0.25, 0.3) is 22.6 Å². The van der Waals surface area contributed by atoms with Gasteiger partial charge < -0.3 is 14.6 Å². The topological polar surface area (TPSA) is 89.0 Å². The van der Waals surface area contributed by atoms with Gasteiger partial charge in [0.15, 0.2) is 5.76 Å². The Bertz CT molecular complexity index is 701. The molecule has 0 saturated heterocycles. The normalized spacial score (nSPS) is 10.5. The van der Waals surface area contributed by atoms with Crippen LogP contribution in [0, 0.1) is 11.3 Å². The first-order chi connectivity index (χ1) is 8.28. The number of benzene rings is 1. The summed E-state index contributed by atoms with van der Waals surface area (Å²) < 4.78 is 10.7. The Labute approximate surface area is 96.1 Å². The number of nitriles is 1. The van der Waals surface area contributed by atoms with Gasteiger partial charge in [-0.15, -0.1) is 0 Å². The van der Waals surface area contributed by atoms with Crippen molar-refractivity contribution in [2.75, 3.05) is 5.73 Å². The molecule has 0 aliphatic heterocycles. The quantitative estimate of drug-likeness (QED) is 0.687. The molecule has 2 aromatic heterocycles. The highest BCUT2D eigenvalue weighted by Crippen LogP contribution is 2.29. The molecule has 1 aromatic carbocycles. The van der Waals surface area contributed by atoms with Gasteiger partial charge in [-0.25, -0.2) is 0 Å². The van der Waals surface area contributed by atoms with Crippen LogP contribution < -0.4 is 5.73 Å². The van der Waals surface area contributed by atoms with Gasteiger partial charge in [0, 0.05) is 5.39 Å². The number of para-hydroxylation sites is 1. The maximum atomic E-state index is 8.74. The first-order valence-corrected chi connectivity index (χ1v) is 4.93. The maximum Gasteiger partial charge on any atom is 0.266 e. The van der Waals surface area contributed by atoms with Gasteiger partial charge in [-0.2, -0.15) is 10.2 Å². The maximum absolute atomic E-state index is 8.74. The number of anilines is 1. The Morgan fingerprint density at radius 2 is 2.06 bits per heavy atom. The van der Waals surface area contributed by atoms with E-state index in [2.05, 4.69) is 4.98 Å². The molecule has 0 fully saturated rings. The van der Waals surface area contributed by atoms with E-state index in [9.17, 15) is 0 Å². The van der Waals surface area contributed by atoms with E-state index in [4.69, 9.17) is 19.8 Å². The van der Waals surface area contributed by atoms with Crippen LogP contribution in [-0.2, 0) is 0 Å². The summed E-state index contributed by atoms with van der Waals surface area (Å²) >= 11 is 0. The van der Waals surface area contributed by atoms with Crippen molar-refractivity contribution >= 4 is 16.9 Å². The van der Waals surface area contributed by atoms with Crippen molar-refractivity contribution in [1.29, 1.82) is 5.26 Å². The Balaban J connectivity index is 2.17. The van der Waals surface area contributed by atoms with Crippen molar-refractivity contribution in [2.24, 2.45) is 0 Å². The van der Waals surface area contributed by atoms with Crippen LogP contribution in [0.5, 0.6) is 0 Å². The van der Waals surface area contributed by atoms with Gasteiger partial charge >= 0.3 is 0 Å². The number of oxazole rings is 1. The van der Waals surface area contributed by atoms with E-state index >= 15 is 0 Å². The molecule has 0 saturated carbocycles. The molecule has 2 N–H and O–H groups in total. The molecule has 0 atom stereocenters. The molecular weight excluding hydrogens is 218 g/mol. The minimum Gasteiger partial charge on any atom is -0.451 e. The third kappa shape index (κ3) is 1.43. The fourth-order valence-electron chi connectivity index (χ4n) is 1.60. The Kier molecular flexibility index (Phi) is 1.89. The molecule has 3 aromatic rings. The van der Waals surface area contributed by atoms with Crippen molar-refractivity contribution in [3.63, 3.8) is 0 Å². The van der Waals surface area contributed by atoms with Crippen LogP contribution in [-0.4, -0.2) is 4.98 Å². The van der Waals surface area contributed by atoms with Gasteiger partial charge in [0.1, 0.15) is 11.7 Å². The number of rotatable bonds is 1. The lowest BCUT2D eigenvalue weighted by Crippen LogP contribution is -1.83. The number of fused-ring (bicyclic) bond motifs is 1. The highest BCUT2D eigenvalue weighted by molar-refractivity contribution is 5.81. The van der Waals surface area contributed by atoms with Crippen LogP contribution in [0.3, 0.4) is 0 Å². The van der Waals surface area contributed by atoms with E-state index in [1.807, 2.05) is 30.3 Å². The molecule has 3 rings (SSSR count). The van der Waals surface area contributed by atoms with Crippen molar-refractivity contribution in [1.82, 2.24) is 4.98 Å². The molecule has 0 amide bonds. The van der Waals surface area contributed by atoms with Crippen molar-refractivity contribution in [2.45, 2.75) is 0 Å². The molecule has 5 heteroatoms. The first-order valence-electron chi connectivity index (χ1n) is 4.93. The number of aromatic nitrogens is 1. The highest BCUT2D eigenvalue weighted by atomic mass is 16.4. The van der Waals surface area contributed by atoms with Crippen LogP contribution in [0.15, 0.2) is 39.2 Å². The van der Waals surface area contributed by atoms with Crippen molar-refractivity contribution in [3.05, 3.63) is 36.0 Å². The second-order valence-corrected chi connectivity index (χ2v) is 3.49. The van der Waals surface area contributed by atoms with Crippen LogP contribution in [0.4, 0.5) is 5.88 Å². The summed E-state index contributed by atoms with van der Waals surface area (Å²) in [4.78, 5) is 3.95. The van der Waals surface area contributed by atoms with Gasteiger partial charge in [0.2, 0.25) is 11.6 Å². The predicted octanol–water partition coefficient (Wildman–Crippen LogP) is 2.54. The van der Waals surface area contributed by atoms with E-state index < -0.39 is 0 Å². The van der Waals surface area contributed by atoms with E-state index in [0.29, 0.717) is 5.76 Å². The third-order valence-corrected chi connectivity index (χ3v) is 2.40. The van der Waals surface area contributed by atoms with Crippen molar-refractivity contribution in [3.8, 4) is 17.7 Å². The molecular formula is C12H7N3O2. The number of nitrogens with zero attached hydrogens (tertiary/aromatic N) is 2. The van der Waals surface area contributed by atoms with Gasteiger partial charge in [-0.1, -0.05) is 18.2 Å². The average Bonchev–Trinajstić information content (AvgIpc) is 2.91. The first kappa shape index (κ1) is 9.48. The summed E-state index contributed by atoms with van der Waals surface area (Å²) in [5, 5.41) is 9.68. The smallest absolute Gasteiger partial charge is 0.266 e. The lowest BCUT2D eigenvalue weighted by atomic mass is 10.2. The summed E-state index contributed by atoms with van der Waals surface area (Å²) in [5.41, 5.74) is 6.29. The number of nitrogens with two attached hydrogens (primary N) is 1. The molecule has 2 heterocycles. The summed E-state index contributed by atoms with van der Waals surface area (Å²) in [7, 11) is 0. The Hall–Kier alpha value is -2.74. The van der Waals surface area contributed by atoms with Crippen LogP contribution >= 0.6 is 0 Å². The van der Waals surface area contributed by atoms with Gasteiger partial charge in [-0.05, 0) is 12.1 Å². The van der Waals surface area contributed by atoms with Crippen molar-refractivity contribution < 1.29 is 8.83 Å². The summed E-state index contributed by atoms with van der Waals surface area (Å²) in [6.45, 7) is 0. The van der Waals surface area contributed by atoms with Gasteiger partial charge in [0.25, 0.3) is 5.89 Å². The van der Waals surface area contributed by atoms with E-state index in [1.54, 1.807) is 6.07 Å². The molecule has 82 valence electrons. The van der Waals surface area contributed by atoms with Crippen LogP contribution in [0.2, 0.25) is 0 Å². The summed E-state index contributed by atoms with van der Waals surface area (Å²) in [6, 6.07) is 11.2. The molecule has 5 nitrogen and oxygen atoms in total. The monoisotopic (exact) mass is 225 g/mol. The van der Waals surface area contributed by atoms with Gasteiger partial charge in [0.05, 0.1) is 0 Å². The zero-order valence-electron chi connectivity index (χ0n) is 8.68. The van der Waals surface area contributed by atoms with E-state index in [-0.39, 0.29) is 17.5 Å². The minimum atomic E-state index is 0.00274. The number of furan rings is 1. The average molecular weight is 225 g/mol. The second kappa shape index (κ2) is 3.39. The second-order valence-electron chi connectivity index (χ2n) is 3.49. The summed E-state index contributed by atoms with van der Waals surface area (Å²) in [5.74, 6) is 0.678. The van der Waals surface area contributed by atoms with Gasteiger partial charge in [-0.3, -0.25) is 0 Å². The van der Waals surface area contributed by atoms with E-state index in [0.717, 1.165) is 11.0 Å². The molecule has 0 aliphatic rings. The SMILES string of the molecule is N#Cc1nc(-c2cc3ccccc3o2)oc1N. The minimum absolute atomic E-state index is 0.00274. The lowest BCUT2D eigenvalue weighted by Gasteiger charge is -1.85. The lowest BCUT2D eigenvalue weighted by molar-refractivity contribution is 0.546. The molecule has 0 unspecified atom stereocenters. The molecule has 0 spiro atoms. The zero-order valence-corrected chi connectivity index (χ0v) is 8.68. The fraction of sp³-hybridized carbons (Fsp3) is 0. The van der Waals surface area contributed by atoms with Crippen LogP contribution in [0.1, 0.15) is 5.69 Å². The number of nitrogen functional groups attached to an aromatic ring is 1. The highest BCUT2D eigenvalue weighted by Gasteiger charge is 2.15. The molecule has 0 aliphatic carbocycles. The third-order valence-electron chi connectivity index (χ3n) is 2.40. The predicted molar refractivity (Wildman–Crippen MR) is 60.8 cm³/mol. The summed E-state index contributed by atoms with van der Waals surface area (Å²) in [6.07, 6.45) is 0. The largest absolute Gasteiger partial charge is 0.451 e. The molecule has 0 radical (unpaired) electrons. The number of hydrogen-bond acceptors (Lipinski definition) is 5. The van der Waals surface area contributed by atoms with E-state index in [1.165, 1.54) is 0 Å². The fourth-order valence-corrected chi connectivity index (χ4v) is 1.60. The standard InChI is InChI=1S/C12H7N3O2/c13-6-8-11(14)17-12(15-8)10-5-7-3-1-2-4-9(7)16-10/h1-5H,14H2. The molecule has 17 heavy (non-hydrogen) atoms. The zero-order chi connectivity index (χ0) is 11.8. The molecule has 0 bridgehead atoms. The number of hydrogen-bond donors (Lipinski definition) is 1. The Morgan fingerprint density at radius 1 is 1.24 bits per heavy atom. The Morgan fingerprint density at radius 3 is 2.76 bits per heavy atom.